The maximum atomic E-state index is 14.2. The minimum Gasteiger partial charge on any atom is -0.478 e. The van der Waals surface area contributed by atoms with E-state index in [1.165, 1.54) is 4.90 Å². The highest BCUT2D eigenvalue weighted by Gasteiger charge is 2.41. The van der Waals surface area contributed by atoms with Crippen LogP contribution in [0.2, 0.25) is 0 Å². The molecule has 1 heterocycles. The Kier molecular flexibility index (Phi) is 10.8. The standard InChI is InChI=1S/C29H33F4N3O5/c1-16(2)10-26(37)36-15-19(17-6-4-3-5-7-17)13-24(36)28(39)35-23(14-25(32)33)27(38)34-9-8-20-21(30)11-18(29(40)41)12-22(20)31/h3-7,11-12,16,19,23-25H,8-10,13-15H2,1-2H3,(H,34,38)(H,35,39)(H,40,41)/t19-,23+,24?/m1/s1. The second-order valence-electron chi connectivity index (χ2n) is 10.5. The van der Waals surface area contributed by atoms with Gasteiger partial charge in [-0.1, -0.05) is 44.2 Å². The molecular weight excluding hydrogens is 546 g/mol. The van der Waals surface area contributed by atoms with Crippen molar-refractivity contribution in [1.29, 1.82) is 0 Å². The summed E-state index contributed by atoms with van der Waals surface area (Å²) in [5, 5.41) is 13.6. The molecule has 1 aliphatic rings. The monoisotopic (exact) mass is 579 g/mol. The van der Waals surface area contributed by atoms with Crippen molar-refractivity contribution in [3.63, 3.8) is 0 Å². The second kappa shape index (κ2) is 14.1. The highest BCUT2D eigenvalue weighted by Crippen LogP contribution is 2.33. The van der Waals surface area contributed by atoms with Crippen LogP contribution in [-0.4, -0.2) is 65.3 Å². The molecule has 222 valence electrons. The van der Waals surface area contributed by atoms with E-state index < -0.39 is 71.9 Å². The predicted molar refractivity (Wildman–Crippen MR) is 141 cm³/mol. The van der Waals surface area contributed by atoms with E-state index in [1.54, 1.807) is 0 Å². The number of amides is 3. The number of benzene rings is 2. The van der Waals surface area contributed by atoms with Gasteiger partial charge in [0.25, 0.3) is 0 Å². The van der Waals surface area contributed by atoms with Gasteiger partial charge >= 0.3 is 5.97 Å². The SMILES string of the molecule is CC(C)CC(=O)N1C[C@H](c2ccccc2)CC1C(=O)N[C@@H](CC(F)F)C(=O)NCCc1c(F)cc(C(=O)O)cc1F. The lowest BCUT2D eigenvalue weighted by Gasteiger charge is -2.27. The summed E-state index contributed by atoms with van der Waals surface area (Å²) >= 11 is 0. The normalized spacial score (nSPS) is 17.5. The summed E-state index contributed by atoms with van der Waals surface area (Å²) in [7, 11) is 0. The van der Waals surface area contributed by atoms with Crippen LogP contribution in [0.3, 0.4) is 0 Å². The summed E-state index contributed by atoms with van der Waals surface area (Å²) in [4.78, 5) is 51.5. The van der Waals surface area contributed by atoms with Gasteiger partial charge in [-0.3, -0.25) is 14.4 Å². The first-order chi connectivity index (χ1) is 19.4. The van der Waals surface area contributed by atoms with Crippen LogP contribution in [0.5, 0.6) is 0 Å². The quantitative estimate of drug-likeness (QED) is 0.330. The average molecular weight is 580 g/mol. The Morgan fingerprint density at radius 2 is 1.68 bits per heavy atom. The largest absolute Gasteiger partial charge is 0.478 e. The maximum Gasteiger partial charge on any atom is 0.335 e. The molecule has 3 rings (SSSR count). The van der Waals surface area contributed by atoms with E-state index in [0.29, 0.717) is 12.1 Å². The zero-order chi connectivity index (χ0) is 30.3. The molecule has 41 heavy (non-hydrogen) atoms. The van der Waals surface area contributed by atoms with E-state index in [9.17, 15) is 36.7 Å². The Bertz CT molecular complexity index is 1240. The number of carboxylic acid groups (broad SMARTS) is 1. The fourth-order valence-corrected chi connectivity index (χ4v) is 4.87. The fraction of sp³-hybridized carbons (Fsp3) is 0.448. The van der Waals surface area contributed by atoms with Gasteiger partial charge in [-0.15, -0.1) is 0 Å². The maximum absolute atomic E-state index is 14.2. The minimum absolute atomic E-state index is 0.0225. The molecule has 0 aliphatic carbocycles. The molecule has 8 nitrogen and oxygen atoms in total. The smallest absolute Gasteiger partial charge is 0.335 e. The Morgan fingerprint density at radius 1 is 1.05 bits per heavy atom. The van der Waals surface area contributed by atoms with Crippen LogP contribution in [-0.2, 0) is 20.8 Å². The summed E-state index contributed by atoms with van der Waals surface area (Å²) in [6.07, 6.45) is -3.93. The van der Waals surface area contributed by atoms with Crippen LogP contribution in [0.1, 0.15) is 60.5 Å². The van der Waals surface area contributed by atoms with Gasteiger partial charge in [0.1, 0.15) is 23.7 Å². The fourth-order valence-electron chi connectivity index (χ4n) is 4.87. The molecule has 0 radical (unpaired) electrons. The Hall–Kier alpha value is -3.96. The molecule has 12 heteroatoms. The molecule has 1 unspecified atom stereocenters. The number of carboxylic acids is 1. The topological polar surface area (TPSA) is 116 Å². The molecule has 0 saturated carbocycles. The summed E-state index contributed by atoms with van der Waals surface area (Å²) in [5.41, 5.74) is -0.153. The Labute approximate surface area is 235 Å². The van der Waals surface area contributed by atoms with Crippen LogP contribution >= 0.6 is 0 Å². The van der Waals surface area contributed by atoms with Crippen LogP contribution < -0.4 is 10.6 Å². The molecule has 3 N–H and O–H groups in total. The number of halogens is 4. The van der Waals surface area contributed by atoms with E-state index >= 15 is 0 Å². The molecule has 1 aliphatic heterocycles. The van der Waals surface area contributed by atoms with Gasteiger partial charge in [0.2, 0.25) is 24.1 Å². The zero-order valence-corrected chi connectivity index (χ0v) is 22.7. The first-order valence-electron chi connectivity index (χ1n) is 13.3. The zero-order valence-electron chi connectivity index (χ0n) is 22.7. The van der Waals surface area contributed by atoms with Crippen molar-refractivity contribution in [1.82, 2.24) is 15.5 Å². The highest BCUT2D eigenvalue weighted by molar-refractivity contribution is 5.92. The van der Waals surface area contributed by atoms with Crippen LogP contribution in [0.4, 0.5) is 17.6 Å². The highest BCUT2D eigenvalue weighted by atomic mass is 19.3. The summed E-state index contributed by atoms with van der Waals surface area (Å²) in [6, 6.07) is 7.91. The number of rotatable bonds is 12. The number of nitrogens with zero attached hydrogens (tertiary/aromatic N) is 1. The third-order valence-corrected chi connectivity index (χ3v) is 6.89. The number of hydrogen-bond donors (Lipinski definition) is 3. The van der Waals surface area contributed by atoms with Crippen molar-refractivity contribution < 1.29 is 41.8 Å². The summed E-state index contributed by atoms with van der Waals surface area (Å²) in [6.45, 7) is 3.61. The Balaban J connectivity index is 1.70. The molecule has 0 bridgehead atoms. The lowest BCUT2D eigenvalue weighted by atomic mass is 9.96. The number of carbonyl (C=O) groups excluding carboxylic acids is 3. The van der Waals surface area contributed by atoms with Crippen LogP contribution in [0.15, 0.2) is 42.5 Å². The number of aromatic carboxylic acids is 1. The van der Waals surface area contributed by atoms with E-state index in [0.717, 1.165) is 5.56 Å². The average Bonchev–Trinajstić information content (AvgIpc) is 3.35. The first-order valence-corrected chi connectivity index (χ1v) is 13.3. The molecular formula is C29H33F4N3O5. The molecule has 3 amide bonds. The van der Waals surface area contributed by atoms with Crippen molar-refractivity contribution in [2.24, 2.45) is 5.92 Å². The second-order valence-corrected chi connectivity index (χ2v) is 10.5. The molecule has 1 saturated heterocycles. The first kappa shape index (κ1) is 31.6. The van der Waals surface area contributed by atoms with E-state index in [1.807, 2.05) is 44.2 Å². The third-order valence-electron chi connectivity index (χ3n) is 6.89. The predicted octanol–water partition coefficient (Wildman–Crippen LogP) is 3.89. The summed E-state index contributed by atoms with van der Waals surface area (Å²) in [5.74, 6) is -5.91. The summed E-state index contributed by atoms with van der Waals surface area (Å²) < 4.78 is 55.1. The lowest BCUT2D eigenvalue weighted by Crippen LogP contribution is -2.53. The van der Waals surface area contributed by atoms with Gasteiger partial charge in [-0.05, 0) is 36.5 Å². The third kappa shape index (κ3) is 8.51. The Morgan fingerprint density at radius 3 is 2.24 bits per heavy atom. The molecule has 0 spiro atoms. The van der Waals surface area contributed by atoms with Crippen LogP contribution in [0, 0.1) is 17.6 Å². The van der Waals surface area contributed by atoms with Crippen molar-refractivity contribution in [3.8, 4) is 0 Å². The molecule has 2 aromatic carbocycles. The molecule has 2 aromatic rings. The number of nitrogens with one attached hydrogen (secondary N) is 2. The van der Waals surface area contributed by atoms with Crippen molar-refractivity contribution in [3.05, 3.63) is 70.8 Å². The molecule has 0 aromatic heterocycles. The van der Waals surface area contributed by atoms with Crippen molar-refractivity contribution >= 4 is 23.7 Å². The van der Waals surface area contributed by atoms with Gasteiger partial charge in [-0.25, -0.2) is 22.4 Å². The number of likely N-dealkylation sites (tertiary alicyclic amines) is 1. The van der Waals surface area contributed by atoms with Crippen molar-refractivity contribution in [2.75, 3.05) is 13.1 Å². The van der Waals surface area contributed by atoms with E-state index in [4.69, 9.17) is 5.11 Å². The lowest BCUT2D eigenvalue weighted by molar-refractivity contribution is -0.140. The molecule has 1 fully saturated rings. The van der Waals surface area contributed by atoms with Crippen LogP contribution in [0.25, 0.3) is 0 Å². The van der Waals surface area contributed by atoms with Gasteiger partial charge in [0.05, 0.1) is 5.56 Å². The number of hydrogen-bond acceptors (Lipinski definition) is 4. The van der Waals surface area contributed by atoms with Crippen molar-refractivity contribution in [2.45, 2.75) is 64.0 Å². The van der Waals surface area contributed by atoms with Gasteiger partial charge in [-0.2, -0.15) is 0 Å². The van der Waals surface area contributed by atoms with E-state index in [2.05, 4.69) is 10.6 Å². The van der Waals surface area contributed by atoms with Gasteiger partial charge in [0, 0.05) is 37.4 Å². The molecule has 3 atom stereocenters. The van der Waals surface area contributed by atoms with Gasteiger partial charge < -0.3 is 20.6 Å². The van der Waals surface area contributed by atoms with Gasteiger partial charge in [0.15, 0.2) is 0 Å². The number of alkyl halides is 2. The minimum atomic E-state index is -2.95. The van der Waals surface area contributed by atoms with E-state index in [-0.39, 0.29) is 43.7 Å². The number of carbonyl (C=O) groups is 4.